The Labute approximate surface area is 155 Å². The van der Waals surface area contributed by atoms with Crippen LogP contribution in [0.25, 0.3) is 16.9 Å². The van der Waals surface area contributed by atoms with Crippen LogP contribution in [0.2, 0.25) is 0 Å². The van der Waals surface area contributed by atoms with E-state index in [0.717, 1.165) is 36.6 Å². The number of nitrogens with zero attached hydrogens (tertiary/aromatic N) is 3. The van der Waals surface area contributed by atoms with E-state index in [1.165, 1.54) is 18.4 Å². The van der Waals surface area contributed by atoms with Gasteiger partial charge >= 0.3 is 0 Å². The maximum atomic E-state index is 5.79. The maximum absolute atomic E-state index is 5.79. The van der Waals surface area contributed by atoms with Gasteiger partial charge in [0.2, 0.25) is 0 Å². The van der Waals surface area contributed by atoms with E-state index in [4.69, 9.17) is 9.84 Å². The SMILES string of the molecule is CN(Cc1cn(-c2ccccc2)nc1-c1ccccc1)C[C@H]1CCCO1. The quantitative estimate of drug-likeness (QED) is 0.671. The summed E-state index contributed by atoms with van der Waals surface area (Å²) in [5.41, 5.74) is 4.52. The number of rotatable bonds is 6. The van der Waals surface area contributed by atoms with Crippen LogP contribution < -0.4 is 0 Å². The van der Waals surface area contributed by atoms with E-state index in [1.807, 2.05) is 28.9 Å². The Balaban J connectivity index is 1.62. The lowest BCUT2D eigenvalue weighted by Gasteiger charge is -2.20. The Morgan fingerprint density at radius 3 is 2.50 bits per heavy atom. The summed E-state index contributed by atoms with van der Waals surface area (Å²) in [6, 6.07) is 20.7. The third-order valence-corrected chi connectivity index (χ3v) is 4.84. The summed E-state index contributed by atoms with van der Waals surface area (Å²) in [4.78, 5) is 2.34. The smallest absolute Gasteiger partial charge is 0.0972 e. The fourth-order valence-electron chi connectivity index (χ4n) is 3.57. The predicted octanol–water partition coefficient (Wildman–Crippen LogP) is 4.15. The molecule has 0 N–H and O–H groups in total. The van der Waals surface area contributed by atoms with Crippen molar-refractivity contribution >= 4 is 0 Å². The van der Waals surface area contributed by atoms with Crippen LogP contribution in [-0.4, -0.2) is 41.0 Å². The molecule has 1 fully saturated rings. The van der Waals surface area contributed by atoms with E-state index in [9.17, 15) is 0 Å². The number of hydrogen-bond donors (Lipinski definition) is 0. The predicted molar refractivity (Wildman–Crippen MR) is 104 cm³/mol. The first-order valence-electron chi connectivity index (χ1n) is 9.29. The lowest BCUT2D eigenvalue weighted by Crippen LogP contribution is -2.28. The summed E-state index contributed by atoms with van der Waals surface area (Å²) in [6.07, 6.45) is 4.87. The van der Waals surface area contributed by atoms with Gasteiger partial charge in [0, 0.05) is 37.0 Å². The van der Waals surface area contributed by atoms with Crippen molar-refractivity contribution in [1.29, 1.82) is 0 Å². The van der Waals surface area contributed by atoms with Gasteiger partial charge in [0.15, 0.2) is 0 Å². The summed E-state index contributed by atoms with van der Waals surface area (Å²) in [5.74, 6) is 0. The van der Waals surface area contributed by atoms with E-state index >= 15 is 0 Å². The van der Waals surface area contributed by atoms with Crippen LogP contribution in [0.4, 0.5) is 0 Å². The third kappa shape index (κ3) is 3.87. The monoisotopic (exact) mass is 347 g/mol. The maximum Gasteiger partial charge on any atom is 0.0972 e. The molecular formula is C22H25N3O. The normalized spacial score (nSPS) is 17.1. The molecule has 0 spiro atoms. The Kier molecular flexibility index (Phi) is 5.14. The first-order valence-corrected chi connectivity index (χ1v) is 9.29. The molecule has 0 radical (unpaired) electrons. The molecule has 1 aliphatic heterocycles. The molecule has 4 rings (SSSR count). The molecule has 0 aliphatic carbocycles. The van der Waals surface area contributed by atoms with Gasteiger partial charge in [-0.1, -0.05) is 48.5 Å². The first kappa shape index (κ1) is 17.0. The van der Waals surface area contributed by atoms with Crippen molar-refractivity contribution in [1.82, 2.24) is 14.7 Å². The number of para-hydroxylation sites is 1. The van der Waals surface area contributed by atoms with Gasteiger partial charge in [-0.25, -0.2) is 4.68 Å². The Morgan fingerprint density at radius 2 is 1.81 bits per heavy atom. The number of likely N-dealkylation sites (N-methyl/N-ethyl adjacent to an activating group) is 1. The second-order valence-electron chi connectivity index (χ2n) is 6.98. The van der Waals surface area contributed by atoms with Crippen molar-refractivity contribution in [2.75, 3.05) is 20.2 Å². The molecular weight excluding hydrogens is 322 g/mol. The average molecular weight is 347 g/mol. The van der Waals surface area contributed by atoms with Crippen LogP contribution in [0.3, 0.4) is 0 Å². The third-order valence-electron chi connectivity index (χ3n) is 4.84. The van der Waals surface area contributed by atoms with Gasteiger partial charge in [0.05, 0.1) is 17.5 Å². The van der Waals surface area contributed by atoms with Crippen LogP contribution in [0.15, 0.2) is 66.9 Å². The minimum absolute atomic E-state index is 0.365. The Hall–Kier alpha value is -2.43. The first-order chi connectivity index (χ1) is 12.8. The van der Waals surface area contributed by atoms with Crippen LogP contribution >= 0.6 is 0 Å². The molecule has 26 heavy (non-hydrogen) atoms. The largest absolute Gasteiger partial charge is 0.377 e. The summed E-state index contributed by atoms with van der Waals surface area (Å²) in [6.45, 7) is 2.72. The molecule has 4 nitrogen and oxygen atoms in total. The van der Waals surface area contributed by atoms with E-state index in [1.54, 1.807) is 0 Å². The zero-order valence-corrected chi connectivity index (χ0v) is 15.2. The molecule has 134 valence electrons. The molecule has 3 aromatic rings. The standard InChI is InChI=1S/C22H25N3O/c1-24(17-21-13-8-14-26-21)15-19-16-25(20-11-6-3-7-12-20)23-22(19)18-9-4-2-5-10-18/h2-7,9-12,16,21H,8,13-15,17H2,1H3/t21-/m1/s1. The second-order valence-corrected chi connectivity index (χ2v) is 6.98. The van der Waals surface area contributed by atoms with Gasteiger partial charge in [-0.15, -0.1) is 0 Å². The minimum atomic E-state index is 0.365. The zero-order chi connectivity index (χ0) is 17.8. The topological polar surface area (TPSA) is 30.3 Å². The number of hydrogen-bond acceptors (Lipinski definition) is 3. The summed E-state index contributed by atoms with van der Waals surface area (Å²) in [5, 5.41) is 4.89. The van der Waals surface area contributed by atoms with E-state index < -0.39 is 0 Å². The highest BCUT2D eigenvalue weighted by Crippen LogP contribution is 2.25. The van der Waals surface area contributed by atoms with Crippen molar-refractivity contribution in [3.05, 3.63) is 72.4 Å². The van der Waals surface area contributed by atoms with Crippen LogP contribution in [0.5, 0.6) is 0 Å². The summed E-state index contributed by atoms with van der Waals surface area (Å²) in [7, 11) is 2.16. The molecule has 0 saturated carbocycles. The molecule has 1 atom stereocenters. The van der Waals surface area contributed by atoms with Crippen molar-refractivity contribution in [2.45, 2.75) is 25.5 Å². The Bertz CT molecular complexity index is 823. The van der Waals surface area contributed by atoms with Gasteiger partial charge in [-0.2, -0.15) is 5.10 Å². The van der Waals surface area contributed by atoms with Crippen molar-refractivity contribution in [3.8, 4) is 16.9 Å². The molecule has 1 aromatic heterocycles. The fourth-order valence-corrected chi connectivity index (χ4v) is 3.57. The van der Waals surface area contributed by atoms with Gasteiger partial charge < -0.3 is 4.74 Å². The van der Waals surface area contributed by atoms with Gasteiger partial charge in [-0.3, -0.25) is 4.90 Å². The van der Waals surface area contributed by atoms with E-state index in [-0.39, 0.29) is 0 Å². The molecule has 0 amide bonds. The lowest BCUT2D eigenvalue weighted by molar-refractivity contribution is 0.0793. The second kappa shape index (κ2) is 7.85. The van der Waals surface area contributed by atoms with Crippen molar-refractivity contribution in [3.63, 3.8) is 0 Å². The molecule has 0 unspecified atom stereocenters. The average Bonchev–Trinajstić information content (AvgIpc) is 3.33. The number of benzene rings is 2. The fraction of sp³-hybridized carbons (Fsp3) is 0.318. The summed E-state index contributed by atoms with van der Waals surface area (Å²) < 4.78 is 7.77. The molecule has 1 aliphatic rings. The van der Waals surface area contributed by atoms with Gasteiger partial charge in [0.25, 0.3) is 0 Å². The molecule has 2 heterocycles. The van der Waals surface area contributed by atoms with Crippen molar-refractivity contribution < 1.29 is 4.74 Å². The van der Waals surface area contributed by atoms with Crippen LogP contribution in [0, 0.1) is 0 Å². The molecule has 4 heteroatoms. The lowest BCUT2D eigenvalue weighted by atomic mass is 10.1. The van der Waals surface area contributed by atoms with Gasteiger partial charge in [0.1, 0.15) is 0 Å². The number of ether oxygens (including phenoxy) is 1. The Morgan fingerprint density at radius 1 is 1.08 bits per heavy atom. The molecule has 1 saturated heterocycles. The highest BCUT2D eigenvalue weighted by Gasteiger charge is 2.19. The van der Waals surface area contributed by atoms with Crippen LogP contribution in [0.1, 0.15) is 18.4 Å². The molecule has 0 bridgehead atoms. The van der Waals surface area contributed by atoms with E-state index in [0.29, 0.717) is 6.10 Å². The minimum Gasteiger partial charge on any atom is -0.377 e. The summed E-state index contributed by atoms with van der Waals surface area (Å²) >= 11 is 0. The van der Waals surface area contributed by atoms with Gasteiger partial charge in [-0.05, 0) is 32.0 Å². The van der Waals surface area contributed by atoms with E-state index in [2.05, 4.69) is 54.5 Å². The van der Waals surface area contributed by atoms with Crippen molar-refractivity contribution in [2.24, 2.45) is 0 Å². The molecule has 2 aromatic carbocycles. The highest BCUT2D eigenvalue weighted by molar-refractivity contribution is 5.63. The number of aromatic nitrogens is 2. The highest BCUT2D eigenvalue weighted by atomic mass is 16.5. The zero-order valence-electron chi connectivity index (χ0n) is 15.2. The van der Waals surface area contributed by atoms with Crippen LogP contribution in [-0.2, 0) is 11.3 Å².